The van der Waals surface area contributed by atoms with Crippen LogP contribution in [0.4, 0.5) is 0 Å². The fourth-order valence-electron chi connectivity index (χ4n) is 5.59. The summed E-state index contributed by atoms with van der Waals surface area (Å²) in [7, 11) is 0. The Kier molecular flexibility index (Phi) is 11.9. The minimum atomic E-state index is -0.753. The van der Waals surface area contributed by atoms with Gasteiger partial charge in [0.05, 0.1) is 0 Å². The number of hydrogen-bond donors (Lipinski definition) is 0. The first kappa shape index (κ1) is 31.4. The van der Waals surface area contributed by atoms with Crippen molar-refractivity contribution in [2.24, 2.45) is 22.7 Å². The van der Waals surface area contributed by atoms with E-state index in [4.69, 9.17) is 0 Å². The molecular formula is C28H46Cl2Zr. The van der Waals surface area contributed by atoms with Crippen LogP contribution in [0.2, 0.25) is 6.25 Å². The smallest absolute Gasteiger partial charge is 1.00 e. The second kappa shape index (κ2) is 11.7. The van der Waals surface area contributed by atoms with Crippen LogP contribution in [0.1, 0.15) is 94.9 Å². The predicted octanol–water partition coefficient (Wildman–Crippen LogP) is 3.35. The number of rotatable bonds is 10. The molecule has 4 atom stereocenters. The summed E-state index contributed by atoms with van der Waals surface area (Å²) in [6.45, 7) is 24.2. The summed E-state index contributed by atoms with van der Waals surface area (Å²) >= 11 is -0.753. The minimum Gasteiger partial charge on any atom is -1.00 e. The molecule has 0 aliphatic heterocycles. The van der Waals surface area contributed by atoms with Gasteiger partial charge in [0.1, 0.15) is 0 Å². The van der Waals surface area contributed by atoms with Crippen molar-refractivity contribution in [2.45, 2.75) is 101 Å². The zero-order chi connectivity index (χ0) is 22.1. The average Bonchev–Trinajstić information content (AvgIpc) is 3.17. The molecule has 0 spiro atoms. The second-order valence-corrected chi connectivity index (χ2v) is 17.5. The van der Waals surface area contributed by atoms with E-state index < -0.39 is 23.2 Å². The van der Waals surface area contributed by atoms with Gasteiger partial charge in [-0.1, -0.05) is 0 Å². The van der Waals surface area contributed by atoms with E-state index in [9.17, 15) is 0 Å². The average molecular weight is 545 g/mol. The molecule has 2 aliphatic rings. The zero-order valence-electron chi connectivity index (χ0n) is 21.7. The molecule has 2 rings (SSSR count). The van der Waals surface area contributed by atoms with Crippen LogP contribution in [0.3, 0.4) is 0 Å². The van der Waals surface area contributed by atoms with Crippen LogP contribution in [0.15, 0.2) is 47.6 Å². The van der Waals surface area contributed by atoms with Gasteiger partial charge in [0.2, 0.25) is 0 Å². The first-order chi connectivity index (χ1) is 13.3. The SMILES string of the molecule is CCC(C)(CC(C)C)C1=C[C](C)([Zr+2][C]2(C)C=CC(C(C)(CC)CC(C)C)=C2)C=C1.[Cl-].[Cl-]. The van der Waals surface area contributed by atoms with Crippen molar-refractivity contribution in [1.29, 1.82) is 0 Å². The normalized spacial score (nSPS) is 28.4. The molecule has 31 heavy (non-hydrogen) atoms. The van der Waals surface area contributed by atoms with Crippen LogP contribution in [-0.4, -0.2) is 0 Å². The van der Waals surface area contributed by atoms with Gasteiger partial charge in [-0.3, -0.25) is 0 Å². The van der Waals surface area contributed by atoms with Crippen molar-refractivity contribution >= 4 is 0 Å². The molecule has 0 aromatic rings. The van der Waals surface area contributed by atoms with Gasteiger partial charge >= 0.3 is 195 Å². The van der Waals surface area contributed by atoms with Crippen LogP contribution in [0.5, 0.6) is 0 Å². The standard InChI is InChI=1S/2C14H23.2ClH.Zr/c2*1-6-14(5,10-11(2)3)13-8-7-12(4)9-13;;;/h2*7-9,11H,6,10H2,1-5H3;2*1H;/q;;;;+2/p-2. The Labute approximate surface area is 218 Å². The molecule has 0 aromatic carbocycles. The van der Waals surface area contributed by atoms with E-state index in [0.29, 0.717) is 17.1 Å². The van der Waals surface area contributed by atoms with Crippen LogP contribution < -0.4 is 24.8 Å². The van der Waals surface area contributed by atoms with Crippen molar-refractivity contribution in [3.8, 4) is 0 Å². The minimum absolute atomic E-state index is 0. The van der Waals surface area contributed by atoms with Crippen LogP contribution in [0.25, 0.3) is 0 Å². The van der Waals surface area contributed by atoms with Gasteiger partial charge in [-0.2, -0.15) is 0 Å². The number of allylic oxidation sites excluding steroid dienone is 8. The van der Waals surface area contributed by atoms with Gasteiger partial charge in [-0.15, -0.1) is 0 Å². The molecule has 176 valence electrons. The molecule has 0 amide bonds. The summed E-state index contributed by atoms with van der Waals surface area (Å²) in [6, 6.07) is 0. The van der Waals surface area contributed by atoms with Gasteiger partial charge in [-0.25, -0.2) is 0 Å². The topological polar surface area (TPSA) is 0 Å². The van der Waals surface area contributed by atoms with Gasteiger partial charge < -0.3 is 24.8 Å². The fraction of sp³-hybridized carbons (Fsp3) is 0.714. The van der Waals surface area contributed by atoms with E-state index >= 15 is 0 Å². The molecule has 0 bridgehead atoms. The predicted molar refractivity (Wildman–Crippen MR) is 127 cm³/mol. The van der Waals surface area contributed by atoms with E-state index in [2.05, 4.69) is 106 Å². The molecular weight excluding hydrogens is 498 g/mol. The van der Waals surface area contributed by atoms with Gasteiger partial charge in [-0.05, 0) is 0 Å². The largest absolute Gasteiger partial charge is 1.00 e. The Morgan fingerprint density at radius 3 is 1.32 bits per heavy atom. The quantitative estimate of drug-likeness (QED) is 0.396. The van der Waals surface area contributed by atoms with Crippen molar-refractivity contribution < 1.29 is 48.0 Å². The maximum atomic E-state index is 2.67. The Hall–Kier alpha value is 0.423. The first-order valence-corrected chi connectivity index (χ1v) is 14.4. The second-order valence-electron chi connectivity index (χ2n) is 11.6. The Balaban J connectivity index is 0.00000450. The summed E-state index contributed by atoms with van der Waals surface area (Å²) < 4.78 is 0.635. The summed E-state index contributed by atoms with van der Waals surface area (Å²) in [4.78, 5) is 0. The number of halogens is 2. The Morgan fingerprint density at radius 2 is 1.06 bits per heavy atom. The van der Waals surface area contributed by atoms with Gasteiger partial charge in [0, 0.05) is 0 Å². The molecule has 0 N–H and O–H groups in total. The third kappa shape index (κ3) is 7.72. The van der Waals surface area contributed by atoms with Gasteiger partial charge in [0.25, 0.3) is 0 Å². The molecule has 0 radical (unpaired) electrons. The third-order valence-corrected chi connectivity index (χ3v) is 11.5. The maximum Gasteiger partial charge on any atom is -1.00 e. The summed E-state index contributed by atoms with van der Waals surface area (Å²) in [5.74, 6) is 1.49. The molecule has 0 aromatic heterocycles. The molecule has 0 saturated carbocycles. The number of hydrogen-bond acceptors (Lipinski definition) is 0. The summed E-state index contributed by atoms with van der Waals surface area (Å²) in [5, 5.41) is 0. The van der Waals surface area contributed by atoms with Crippen LogP contribution >= 0.6 is 0 Å². The van der Waals surface area contributed by atoms with E-state index in [1.54, 1.807) is 11.1 Å². The maximum absolute atomic E-state index is 2.67. The van der Waals surface area contributed by atoms with Crippen LogP contribution in [-0.2, 0) is 23.2 Å². The van der Waals surface area contributed by atoms with E-state index in [1.807, 2.05) is 0 Å². The van der Waals surface area contributed by atoms with Crippen molar-refractivity contribution in [3.63, 3.8) is 0 Å². The van der Waals surface area contributed by atoms with Gasteiger partial charge in [0.15, 0.2) is 0 Å². The van der Waals surface area contributed by atoms with Crippen LogP contribution in [0, 0.1) is 22.7 Å². The molecule has 3 heteroatoms. The van der Waals surface area contributed by atoms with Crippen molar-refractivity contribution in [3.05, 3.63) is 47.6 Å². The third-order valence-electron chi connectivity index (χ3n) is 7.34. The molecule has 0 nitrogen and oxygen atoms in total. The molecule has 2 aliphatic carbocycles. The molecule has 0 heterocycles. The molecule has 0 fully saturated rings. The Bertz CT molecular complexity index is 657. The summed E-state index contributed by atoms with van der Waals surface area (Å²) in [6.07, 6.45) is 20.4. The zero-order valence-corrected chi connectivity index (χ0v) is 25.7. The Morgan fingerprint density at radius 1 is 0.742 bits per heavy atom. The van der Waals surface area contributed by atoms with E-state index in [-0.39, 0.29) is 24.8 Å². The van der Waals surface area contributed by atoms with Crippen molar-refractivity contribution in [1.82, 2.24) is 0 Å². The monoisotopic (exact) mass is 542 g/mol. The molecule has 0 saturated heterocycles. The summed E-state index contributed by atoms with van der Waals surface area (Å²) in [5.41, 5.74) is 3.86. The van der Waals surface area contributed by atoms with E-state index in [1.165, 1.54) is 25.7 Å². The van der Waals surface area contributed by atoms with E-state index in [0.717, 1.165) is 11.8 Å². The molecule has 4 unspecified atom stereocenters. The van der Waals surface area contributed by atoms with Crippen molar-refractivity contribution in [2.75, 3.05) is 0 Å². The fourth-order valence-corrected chi connectivity index (χ4v) is 10.4. The first-order valence-electron chi connectivity index (χ1n) is 11.9.